The zero-order chi connectivity index (χ0) is 11.1. The number of hydrogen-bond donors (Lipinski definition) is 1. The molecule has 0 fully saturated rings. The van der Waals surface area contributed by atoms with Crippen molar-refractivity contribution >= 4 is 10.9 Å². The average molecular weight is 214 g/mol. The minimum atomic E-state index is -0.170. The number of aromatic amines is 1. The van der Waals surface area contributed by atoms with Gasteiger partial charge in [-0.05, 0) is 43.9 Å². The van der Waals surface area contributed by atoms with E-state index in [1.807, 2.05) is 0 Å². The van der Waals surface area contributed by atoms with E-state index in [9.17, 15) is 4.91 Å². The van der Waals surface area contributed by atoms with E-state index in [4.69, 9.17) is 0 Å². The number of aryl methyl sites for hydroxylation is 2. The molecule has 3 nitrogen and oxygen atoms in total. The Labute approximate surface area is 93.8 Å². The molecule has 1 aliphatic carbocycles. The summed E-state index contributed by atoms with van der Waals surface area (Å²) in [6, 6.07) is 6.20. The number of rotatable bonds is 1. The van der Waals surface area contributed by atoms with Gasteiger partial charge < -0.3 is 4.98 Å². The topological polar surface area (TPSA) is 45.2 Å². The van der Waals surface area contributed by atoms with Gasteiger partial charge in [-0.25, -0.2) is 0 Å². The van der Waals surface area contributed by atoms with Gasteiger partial charge >= 0.3 is 0 Å². The molecule has 1 atom stereocenters. The van der Waals surface area contributed by atoms with E-state index in [-0.39, 0.29) is 6.04 Å². The SMILES string of the molecule is Cc1ccc2[nH]c3c(c2c1)CCCC3N=O. The summed E-state index contributed by atoms with van der Waals surface area (Å²) in [6.07, 6.45) is 3.00. The fraction of sp³-hybridized carbons (Fsp3) is 0.385. The van der Waals surface area contributed by atoms with E-state index < -0.39 is 0 Å². The lowest BCUT2D eigenvalue weighted by molar-refractivity contribution is 0.561. The lowest BCUT2D eigenvalue weighted by atomic mass is 9.92. The molecular weight excluding hydrogens is 200 g/mol. The highest BCUT2D eigenvalue weighted by molar-refractivity contribution is 5.85. The van der Waals surface area contributed by atoms with Crippen LogP contribution < -0.4 is 0 Å². The second-order valence-electron chi connectivity index (χ2n) is 4.58. The van der Waals surface area contributed by atoms with Crippen LogP contribution in [0.5, 0.6) is 0 Å². The number of nitroso groups, excluding NO2 is 1. The van der Waals surface area contributed by atoms with Gasteiger partial charge in [0.15, 0.2) is 0 Å². The molecule has 3 heteroatoms. The highest BCUT2D eigenvalue weighted by Gasteiger charge is 2.24. The molecule has 0 aliphatic heterocycles. The molecule has 1 N–H and O–H groups in total. The highest BCUT2D eigenvalue weighted by Crippen LogP contribution is 2.36. The van der Waals surface area contributed by atoms with Crippen LogP contribution in [0, 0.1) is 11.8 Å². The van der Waals surface area contributed by atoms with E-state index >= 15 is 0 Å². The van der Waals surface area contributed by atoms with Crippen molar-refractivity contribution in [2.45, 2.75) is 32.2 Å². The standard InChI is InChI=1S/C13H14N2O/c1-8-5-6-11-10(7-8)9-3-2-4-12(15-16)13(9)14-11/h5-7,12,14H,2-4H2,1H3. The van der Waals surface area contributed by atoms with Gasteiger partial charge in [0, 0.05) is 16.6 Å². The number of benzene rings is 1. The van der Waals surface area contributed by atoms with Crippen LogP contribution in [0.4, 0.5) is 0 Å². The Morgan fingerprint density at radius 2 is 2.31 bits per heavy atom. The molecule has 1 aromatic carbocycles. The van der Waals surface area contributed by atoms with Gasteiger partial charge in [-0.15, -0.1) is 0 Å². The van der Waals surface area contributed by atoms with Crippen LogP contribution in [0.15, 0.2) is 23.4 Å². The van der Waals surface area contributed by atoms with E-state index in [0.29, 0.717) is 0 Å². The van der Waals surface area contributed by atoms with Gasteiger partial charge in [-0.3, -0.25) is 0 Å². The molecule has 0 saturated carbocycles. The van der Waals surface area contributed by atoms with Crippen LogP contribution in [-0.2, 0) is 6.42 Å². The molecule has 16 heavy (non-hydrogen) atoms. The van der Waals surface area contributed by atoms with Gasteiger partial charge in [0.1, 0.15) is 6.04 Å². The summed E-state index contributed by atoms with van der Waals surface area (Å²) in [7, 11) is 0. The number of fused-ring (bicyclic) bond motifs is 3. The van der Waals surface area contributed by atoms with Crippen molar-refractivity contribution in [2.75, 3.05) is 0 Å². The van der Waals surface area contributed by atoms with E-state index in [2.05, 4.69) is 35.3 Å². The van der Waals surface area contributed by atoms with Crippen molar-refractivity contribution < 1.29 is 0 Å². The lowest BCUT2D eigenvalue weighted by Crippen LogP contribution is -2.06. The van der Waals surface area contributed by atoms with Crippen LogP contribution in [0.2, 0.25) is 0 Å². The first-order valence-electron chi connectivity index (χ1n) is 5.73. The van der Waals surface area contributed by atoms with Crippen molar-refractivity contribution in [1.82, 2.24) is 4.98 Å². The van der Waals surface area contributed by atoms with Gasteiger partial charge in [0.25, 0.3) is 0 Å². The molecule has 1 aliphatic rings. The molecule has 3 rings (SSSR count). The van der Waals surface area contributed by atoms with Crippen LogP contribution in [-0.4, -0.2) is 4.98 Å². The van der Waals surface area contributed by atoms with Gasteiger partial charge in [-0.1, -0.05) is 16.8 Å². The maximum atomic E-state index is 10.8. The van der Waals surface area contributed by atoms with Crippen LogP contribution >= 0.6 is 0 Å². The number of nitrogens with zero attached hydrogens (tertiary/aromatic N) is 1. The Hall–Kier alpha value is -1.64. The highest BCUT2D eigenvalue weighted by atomic mass is 16.3. The predicted molar refractivity (Wildman–Crippen MR) is 64.5 cm³/mol. The van der Waals surface area contributed by atoms with Crippen molar-refractivity contribution in [3.05, 3.63) is 39.9 Å². The number of nitrogens with one attached hydrogen (secondary N) is 1. The summed E-state index contributed by atoms with van der Waals surface area (Å²) in [5.74, 6) is 0. The Morgan fingerprint density at radius 1 is 1.44 bits per heavy atom. The van der Waals surface area contributed by atoms with Gasteiger partial charge in [-0.2, -0.15) is 4.91 Å². The fourth-order valence-corrected chi connectivity index (χ4v) is 2.66. The second-order valence-corrected chi connectivity index (χ2v) is 4.58. The third kappa shape index (κ3) is 1.28. The van der Waals surface area contributed by atoms with E-state index in [1.54, 1.807) is 0 Å². The van der Waals surface area contributed by atoms with E-state index in [1.165, 1.54) is 16.5 Å². The zero-order valence-corrected chi connectivity index (χ0v) is 9.29. The Balaban J connectivity index is 2.28. The quantitative estimate of drug-likeness (QED) is 0.724. The Morgan fingerprint density at radius 3 is 3.12 bits per heavy atom. The normalized spacial score (nSPS) is 19.7. The van der Waals surface area contributed by atoms with Gasteiger partial charge in [0.05, 0.1) is 0 Å². The van der Waals surface area contributed by atoms with Crippen molar-refractivity contribution in [3.63, 3.8) is 0 Å². The summed E-state index contributed by atoms with van der Waals surface area (Å²) < 4.78 is 0. The Kier molecular flexibility index (Phi) is 2.06. The fourth-order valence-electron chi connectivity index (χ4n) is 2.66. The Bertz CT molecular complexity index is 556. The summed E-state index contributed by atoms with van der Waals surface area (Å²) in [5.41, 5.74) is 4.73. The van der Waals surface area contributed by atoms with Crippen molar-refractivity contribution in [2.24, 2.45) is 5.18 Å². The number of H-pyrrole nitrogens is 1. The van der Waals surface area contributed by atoms with Crippen molar-refractivity contribution in [1.29, 1.82) is 0 Å². The smallest absolute Gasteiger partial charge is 0.132 e. The van der Waals surface area contributed by atoms with Crippen molar-refractivity contribution in [3.8, 4) is 0 Å². The molecule has 0 radical (unpaired) electrons. The monoisotopic (exact) mass is 214 g/mol. The lowest BCUT2D eigenvalue weighted by Gasteiger charge is -2.15. The molecule has 1 aromatic heterocycles. The summed E-state index contributed by atoms with van der Waals surface area (Å²) in [6.45, 7) is 2.09. The minimum Gasteiger partial charge on any atom is -0.356 e. The molecule has 0 spiro atoms. The first kappa shape index (κ1) is 9.58. The number of aromatic nitrogens is 1. The van der Waals surface area contributed by atoms with Crippen LogP contribution in [0.1, 0.15) is 35.7 Å². The van der Waals surface area contributed by atoms with Crippen LogP contribution in [0.25, 0.3) is 10.9 Å². The largest absolute Gasteiger partial charge is 0.356 e. The summed E-state index contributed by atoms with van der Waals surface area (Å²) >= 11 is 0. The molecule has 0 amide bonds. The summed E-state index contributed by atoms with van der Waals surface area (Å²) in [4.78, 5) is 14.1. The minimum absolute atomic E-state index is 0.170. The molecule has 0 bridgehead atoms. The molecule has 0 saturated heterocycles. The first-order chi connectivity index (χ1) is 7.79. The molecule has 82 valence electrons. The molecule has 1 heterocycles. The predicted octanol–water partition coefficient (Wildman–Crippen LogP) is 3.62. The third-order valence-electron chi connectivity index (χ3n) is 3.46. The molecule has 2 aromatic rings. The molecular formula is C13H14N2O. The first-order valence-corrected chi connectivity index (χ1v) is 5.73. The maximum Gasteiger partial charge on any atom is 0.132 e. The van der Waals surface area contributed by atoms with E-state index in [0.717, 1.165) is 30.5 Å². The van der Waals surface area contributed by atoms with Gasteiger partial charge in [0.2, 0.25) is 0 Å². The second kappa shape index (κ2) is 3.44. The maximum absolute atomic E-state index is 10.8. The third-order valence-corrected chi connectivity index (χ3v) is 3.46. The zero-order valence-electron chi connectivity index (χ0n) is 9.29. The number of hydrogen-bond acceptors (Lipinski definition) is 2. The average Bonchev–Trinajstić information content (AvgIpc) is 2.67. The van der Waals surface area contributed by atoms with Crippen LogP contribution in [0.3, 0.4) is 0 Å². The molecule has 1 unspecified atom stereocenters. The summed E-state index contributed by atoms with van der Waals surface area (Å²) in [5, 5.41) is 4.49.